The Hall–Kier alpha value is -3.69. The van der Waals surface area contributed by atoms with E-state index in [1.807, 2.05) is 6.08 Å². The molecule has 0 unspecified atom stereocenters. The first kappa shape index (κ1) is 35.5. The van der Waals surface area contributed by atoms with E-state index < -0.39 is 18.4 Å². The second kappa shape index (κ2) is 16.8. The maximum absolute atomic E-state index is 13.0. The van der Waals surface area contributed by atoms with Crippen molar-refractivity contribution in [2.45, 2.75) is 65.2 Å². The number of carbonyl (C=O) groups is 3. The zero-order valence-electron chi connectivity index (χ0n) is 26.7. The first-order valence-corrected chi connectivity index (χ1v) is 14.3. The van der Waals surface area contributed by atoms with Gasteiger partial charge in [0.1, 0.15) is 17.9 Å². The smallest absolute Gasteiger partial charge is 0.317 e. The van der Waals surface area contributed by atoms with Gasteiger partial charge in [-0.15, -0.1) is 0 Å². The Morgan fingerprint density at radius 3 is 1.95 bits per heavy atom. The molecule has 0 aliphatic rings. The molecule has 0 aliphatic heterocycles. The molecule has 0 amide bonds. The van der Waals surface area contributed by atoms with E-state index >= 15 is 0 Å². The molecular weight excluding hydrogens is 552 g/mol. The summed E-state index contributed by atoms with van der Waals surface area (Å²) in [6.07, 6.45) is 3.44. The zero-order chi connectivity index (χ0) is 32.0. The highest BCUT2D eigenvalue weighted by Crippen LogP contribution is 2.41. The number of esters is 2. The first-order chi connectivity index (χ1) is 20.3. The molecule has 2 aromatic carbocycles. The number of rotatable bonds is 16. The molecule has 0 radical (unpaired) electrons. The Kier molecular flexibility index (Phi) is 13.9. The van der Waals surface area contributed by atoms with Gasteiger partial charge in [-0.3, -0.25) is 14.4 Å². The van der Waals surface area contributed by atoms with Crippen LogP contribution in [0.3, 0.4) is 0 Å². The van der Waals surface area contributed by atoms with E-state index in [1.54, 1.807) is 37.5 Å². The molecule has 43 heavy (non-hydrogen) atoms. The van der Waals surface area contributed by atoms with E-state index in [2.05, 4.69) is 58.4 Å². The van der Waals surface area contributed by atoms with Crippen LogP contribution in [0.5, 0.6) is 11.5 Å². The fourth-order valence-electron chi connectivity index (χ4n) is 3.98. The molecule has 0 aromatic heterocycles. The second-order valence-corrected chi connectivity index (χ2v) is 12.0. The van der Waals surface area contributed by atoms with E-state index in [4.69, 9.17) is 23.7 Å². The van der Waals surface area contributed by atoms with Crippen LogP contribution in [-0.4, -0.2) is 65.2 Å². The van der Waals surface area contributed by atoms with E-state index in [9.17, 15) is 14.4 Å². The lowest BCUT2D eigenvalue weighted by molar-refractivity contribution is -0.153. The lowest BCUT2D eigenvalue weighted by atomic mass is 9.78. The van der Waals surface area contributed by atoms with Gasteiger partial charge < -0.3 is 28.4 Å². The molecule has 0 saturated heterocycles. The van der Waals surface area contributed by atoms with Crippen molar-refractivity contribution >= 4 is 23.8 Å². The van der Waals surface area contributed by atoms with Gasteiger partial charge in [-0.2, -0.15) is 0 Å². The van der Waals surface area contributed by atoms with Gasteiger partial charge >= 0.3 is 11.9 Å². The lowest BCUT2D eigenvalue weighted by Gasteiger charge is -2.30. The van der Waals surface area contributed by atoms with Gasteiger partial charge in [0.25, 0.3) is 0 Å². The predicted octanol–water partition coefficient (Wildman–Crippen LogP) is 6.05. The number of benzene rings is 2. The van der Waals surface area contributed by atoms with Gasteiger partial charge in [0.2, 0.25) is 0 Å². The minimum absolute atomic E-state index is 0.118. The summed E-state index contributed by atoms with van der Waals surface area (Å²) in [4.78, 5) is 35.5. The fourth-order valence-corrected chi connectivity index (χ4v) is 3.98. The van der Waals surface area contributed by atoms with Gasteiger partial charge in [0, 0.05) is 30.2 Å². The predicted molar refractivity (Wildman–Crippen MR) is 165 cm³/mol. The molecule has 0 aliphatic carbocycles. The Bertz CT molecular complexity index is 1200. The highest BCUT2D eigenvalue weighted by atomic mass is 16.7. The van der Waals surface area contributed by atoms with Gasteiger partial charge in [0.05, 0.1) is 33.5 Å². The summed E-state index contributed by atoms with van der Waals surface area (Å²) in [5, 5.41) is 0. The van der Waals surface area contributed by atoms with Gasteiger partial charge in [-0.1, -0.05) is 47.6 Å². The molecule has 9 heteroatoms. The number of carbonyl (C=O) groups excluding carboxylic acids is 3. The largest absolute Gasteiger partial charge is 0.493 e. The summed E-state index contributed by atoms with van der Waals surface area (Å²) in [7, 11) is 2.84. The average molecular weight is 599 g/mol. The number of hydrogen-bond donors (Lipinski definition) is 0. The van der Waals surface area contributed by atoms with Crippen LogP contribution in [0.15, 0.2) is 42.5 Å². The molecule has 0 fully saturated rings. The molecule has 0 atom stereocenters. The zero-order valence-corrected chi connectivity index (χ0v) is 26.7. The Labute approximate surface area is 255 Å². The number of ether oxygens (including phenoxy) is 6. The third-order valence-corrected chi connectivity index (χ3v) is 6.35. The maximum atomic E-state index is 13.0. The number of hydrogen-bond acceptors (Lipinski definition) is 9. The minimum atomic E-state index is -0.641. The number of allylic oxidation sites excluding steroid dienone is 1. The van der Waals surface area contributed by atoms with Crippen molar-refractivity contribution < 1.29 is 42.8 Å². The Morgan fingerprint density at radius 2 is 1.40 bits per heavy atom. The molecule has 0 N–H and O–H groups in total. The molecular formula is C34H46O9. The van der Waals surface area contributed by atoms with Crippen LogP contribution < -0.4 is 9.47 Å². The van der Waals surface area contributed by atoms with Crippen molar-refractivity contribution in [3.05, 3.63) is 64.7 Å². The van der Waals surface area contributed by atoms with Crippen LogP contribution in [0.2, 0.25) is 0 Å². The fraction of sp³-hybridized carbons (Fsp3) is 0.500. The maximum Gasteiger partial charge on any atom is 0.317 e. The van der Waals surface area contributed by atoms with Crippen molar-refractivity contribution in [2.75, 3.05) is 47.4 Å². The molecule has 9 nitrogen and oxygen atoms in total. The molecule has 0 spiro atoms. The van der Waals surface area contributed by atoms with Crippen LogP contribution in [-0.2, 0) is 39.4 Å². The summed E-state index contributed by atoms with van der Waals surface area (Å²) in [5.41, 5.74) is 3.07. The van der Waals surface area contributed by atoms with Crippen molar-refractivity contribution in [3.8, 4) is 11.5 Å². The monoisotopic (exact) mass is 598 g/mol. The van der Waals surface area contributed by atoms with Crippen molar-refractivity contribution in [1.82, 2.24) is 0 Å². The van der Waals surface area contributed by atoms with Crippen LogP contribution in [0.25, 0.3) is 6.08 Å². The highest BCUT2D eigenvalue weighted by Gasteiger charge is 2.28. The quantitative estimate of drug-likeness (QED) is 0.0570. The lowest BCUT2D eigenvalue weighted by Crippen LogP contribution is -2.21. The molecule has 236 valence electrons. The molecule has 0 saturated carbocycles. The Morgan fingerprint density at radius 1 is 0.767 bits per heavy atom. The first-order valence-electron chi connectivity index (χ1n) is 14.3. The van der Waals surface area contributed by atoms with Crippen molar-refractivity contribution in [2.24, 2.45) is 0 Å². The van der Waals surface area contributed by atoms with Crippen molar-refractivity contribution in [1.29, 1.82) is 0 Å². The van der Waals surface area contributed by atoms with E-state index in [1.165, 1.54) is 7.11 Å². The second-order valence-electron chi connectivity index (χ2n) is 12.0. The van der Waals surface area contributed by atoms with Crippen LogP contribution in [0.1, 0.15) is 81.4 Å². The van der Waals surface area contributed by atoms with Crippen molar-refractivity contribution in [3.63, 3.8) is 0 Å². The van der Waals surface area contributed by atoms with E-state index in [0.717, 1.165) is 22.4 Å². The molecule has 2 rings (SSSR count). The number of methoxy groups -OCH3 is 2. The van der Waals surface area contributed by atoms with Crippen LogP contribution in [0.4, 0.5) is 0 Å². The van der Waals surface area contributed by atoms with Gasteiger partial charge in [-0.05, 0) is 58.9 Å². The third kappa shape index (κ3) is 12.2. The normalized spacial score (nSPS) is 11.8. The van der Waals surface area contributed by atoms with Gasteiger partial charge in [0.15, 0.2) is 12.6 Å². The van der Waals surface area contributed by atoms with E-state index in [-0.39, 0.29) is 30.0 Å². The van der Waals surface area contributed by atoms with E-state index in [0.29, 0.717) is 37.6 Å². The van der Waals surface area contributed by atoms with Crippen LogP contribution >= 0.6 is 0 Å². The van der Waals surface area contributed by atoms with Crippen LogP contribution in [0, 0.1) is 0 Å². The molecule has 0 bridgehead atoms. The van der Waals surface area contributed by atoms with Gasteiger partial charge in [-0.25, -0.2) is 0 Å². The molecule has 2 aromatic rings. The summed E-state index contributed by atoms with van der Waals surface area (Å²) in [6, 6.07) is 11.0. The average Bonchev–Trinajstić information content (AvgIpc) is 2.94. The number of ketones is 1. The standard InChI is InChI=1S/C34H46O9/c1-33(2,3)27-20-24(21-28(34(4,5)6)32(27)43-23-40-19-18-38-7)10-15-29(35)25-11-13-26(14-12-25)41-16-9-17-42-31(37)22-30(36)39-8/h10-15,20-21H,9,16-19,22-23H2,1-8H3/b15-10+. The third-order valence-electron chi connectivity index (χ3n) is 6.35. The SMILES string of the molecule is COCCOCOc1c(C(C)(C)C)cc(/C=C/C(=O)c2ccc(OCCCOC(=O)CC(=O)OC)cc2)cc1C(C)(C)C. The summed E-state index contributed by atoms with van der Waals surface area (Å²) >= 11 is 0. The summed E-state index contributed by atoms with van der Waals surface area (Å²) < 4.78 is 31.9. The Balaban J connectivity index is 2.08. The molecule has 0 heterocycles. The minimum Gasteiger partial charge on any atom is -0.493 e. The summed E-state index contributed by atoms with van der Waals surface area (Å²) in [6.45, 7) is 14.3. The topological polar surface area (TPSA) is 107 Å². The highest BCUT2D eigenvalue weighted by molar-refractivity contribution is 6.06. The summed E-state index contributed by atoms with van der Waals surface area (Å²) in [5.74, 6) is -0.0213.